The zero-order valence-corrected chi connectivity index (χ0v) is 16.5. The Hall–Kier alpha value is -4.01. The van der Waals surface area contributed by atoms with Gasteiger partial charge in [0, 0.05) is 6.42 Å². The zero-order chi connectivity index (χ0) is 21.3. The first-order valence-electron chi connectivity index (χ1n) is 9.38. The van der Waals surface area contributed by atoms with E-state index in [4.69, 9.17) is 4.74 Å². The number of hydrogen-bond acceptors (Lipinski definition) is 6. The average molecular weight is 405 g/mol. The normalized spacial score (nSPS) is 11.0. The maximum Gasteiger partial charge on any atom is 0.339 e. The molecule has 0 fully saturated rings. The Balaban J connectivity index is 1.76. The van der Waals surface area contributed by atoms with Crippen LogP contribution in [0, 0.1) is 0 Å². The standard InChI is InChI=1S/C21H19N5O4/c1-3-17-23-24-19-20(28)25(15-10-6-7-11-16(15)26(17)19)12-18(27)22-14-9-5-4-8-13(14)21(29)30-2/h4-11H,3,12H2,1-2H3,(H,22,27). The zero-order valence-electron chi connectivity index (χ0n) is 16.5. The molecule has 0 unspecified atom stereocenters. The molecule has 2 aromatic heterocycles. The van der Waals surface area contributed by atoms with Gasteiger partial charge in [-0.05, 0) is 24.3 Å². The summed E-state index contributed by atoms with van der Waals surface area (Å²) in [5.41, 5.74) is 1.60. The minimum absolute atomic E-state index is 0.160. The maximum atomic E-state index is 13.1. The van der Waals surface area contributed by atoms with Crippen molar-refractivity contribution in [3.05, 3.63) is 70.3 Å². The summed E-state index contributed by atoms with van der Waals surface area (Å²) in [4.78, 5) is 37.8. The molecule has 0 aliphatic heterocycles. The molecule has 4 rings (SSSR count). The summed E-state index contributed by atoms with van der Waals surface area (Å²) in [6.07, 6.45) is 0.611. The van der Waals surface area contributed by atoms with Gasteiger partial charge < -0.3 is 10.1 Å². The van der Waals surface area contributed by atoms with Gasteiger partial charge in [0.1, 0.15) is 12.4 Å². The number of rotatable bonds is 5. The van der Waals surface area contributed by atoms with Crippen LogP contribution in [0.25, 0.3) is 16.7 Å². The van der Waals surface area contributed by atoms with Crippen LogP contribution in [0.4, 0.5) is 5.69 Å². The first kappa shape index (κ1) is 19.3. The first-order chi connectivity index (χ1) is 14.5. The molecule has 0 saturated heterocycles. The van der Waals surface area contributed by atoms with Crippen LogP contribution in [0.5, 0.6) is 0 Å². The van der Waals surface area contributed by atoms with Gasteiger partial charge in [0.05, 0.1) is 29.4 Å². The van der Waals surface area contributed by atoms with Crippen LogP contribution in [-0.4, -0.2) is 38.2 Å². The van der Waals surface area contributed by atoms with Gasteiger partial charge in [-0.1, -0.05) is 31.2 Å². The van der Waals surface area contributed by atoms with E-state index >= 15 is 0 Å². The lowest BCUT2D eigenvalue weighted by molar-refractivity contribution is -0.116. The van der Waals surface area contributed by atoms with E-state index in [-0.39, 0.29) is 17.8 Å². The Morgan fingerprint density at radius 3 is 2.47 bits per heavy atom. The van der Waals surface area contributed by atoms with Crippen molar-refractivity contribution in [3.8, 4) is 0 Å². The third kappa shape index (κ3) is 3.20. The number of amides is 1. The lowest BCUT2D eigenvalue weighted by atomic mass is 10.2. The maximum absolute atomic E-state index is 13.1. The number of nitrogens with zero attached hydrogens (tertiary/aromatic N) is 4. The Morgan fingerprint density at radius 1 is 1.03 bits per heavy atom. The summed E-state index contributed by atoms with van der Waals surface area (Å²) in [5, 5.41) is 10.8. The number of esters is 1. The Kier molecular flexibility index (Phi) is 5.01. The molecule has 0 saturated carbocycles. The molecule has 2 aromatic carbocycles. The molecule has 1 N–H and O–H groups in total. The van der Waals surface area contributed by atoms with Crippen molar-refractivity contribution in [2.75, 3.05) is 12.4 Å². The minimum atomic E-state index is -0.564. The molecule has 0 aliphatic rings. The van der Waals surface area contributed by atoms with E-state index in [1.807, 2.05) is 19.1 Å². The van der Waals surface area contributed by atoms with E-state index in [0.29, 0.717) is 23.4 Å². The highest BCUT2D eigenvalue weighted by molar-refractivity contribution is 6.01. The van der Waals surface area contributed by atoms with Crippen molar-refractivity contribution in [1.82, 2.24) is 19.2 Å². The van der Waals surface area contributed by atoms with Crippen molar-refractivity contribution in [3.63, 3.8) is 0 Å². The van der Waals surface area contributed by atoms with E-state index in [1.165, 1.54) is 11.7 Å². The van der Waals surface area contributed by atoms with E-state index in [2.05, 4.69) is 15.5 Å². The second-order valence-corrected chi connectivity index (χ2v) is 6.59. The molecule has 152 valence electrons. The molecule has 9 nitrogen and oxygen atoms in total. The minimum Gasteiger partial charge on any atom is -0.465 e. The van der Waals surface area contributed by atoms with Crippen LogP contribution in [0.1, 0.15) is 23.1 Å². The highest BCUT2D eigenvalue weighted by Crippen LogP contribution is 2.18. The number of carbonyl (C=O) groups is 2. The van der Waals surface area contributed by atoms with Crippen LogP contribution in [-0.2, 0) is 22.5 Å². The largest absolute Gasteiger partial charge is 0.465 e. The molecule has 0 aliphatic carbocycles. The fraction of sp³-hybridized carbons (Fsp3) is 0.190. The number of ether oxygens (including phenoxy) is 1. The van der Waals surface area contributed by atoms with Crippen molar-refractivity contribution in [1.29, 1.82) is 0 Å². The highest BCUT2D eigenvalue weighted by Gasteiger charge is 2.18. The molecule has 4 aromatic rings. The highest BCUT2D eigenvalue weighted by atomic mass is 16.5. The first-order valence-corrected chi connectivity index (χ1v) is 9.38. The van der Waals surface area contributed by atoms with E-state index in [1.54, 1.807) is 40.8 Å². The Bertz CT molecular complexity index is 1340. The van der Waals surface area contributed by atoms with Gasteiger partial charge in [-0.3, -0.25) is 18.6 Å². The van der Waals surface area contributed by atoms with Crippen LogP contribution in [0.3, 0.4) is 0 Å². The number of nitrogens with one attached hydrogen (secondary N) is 1. The van der Waals surface area contributed by atoms with Gasteiger partial charge in [-0.25, -0.2) is 4.79 Å². The molecule has 1 amide bonds. The van der Waals surface area contributed by atoms with Gasteiger partial charge in [0.2, 0.25) is 11.6 Å². The molecule has 30 heavy (non-hydrogen) atoms. The predicted molar refractivity (Wildman–Crippen MR) is 111 cm³/mol. The molecule has 0 spiro atoms. The van der Waals surface area contributed by atoms with Crippen molar-refractivity contribution >= 4 is 34.2 Å². The van der Waals surface area contributed by atoms with E-state index in [0.717, 1.165) is 5.52 Å². The van der Waals surface area contributed by atoms with Crippen molar-refractivity contribution in [2.24, 2.45) is 0 Å². The molecular weight excluding hydrogens is 386 g/mol. The number of fused-ring (bicyclic) bond motifs is 3. The predicted octanol–water partition coefficient (Wildman–Crippen LogP) is 2.03. The Morgan fingerprint density at radius 2 is 1.73 bits per heavy atom. The Labute approximate surface area is 170 Å². The number of anilines is 1. The second kappa shape index (κ2) is 7.78. The smallest absolute Gasteiger partial charge is 0.339 e. The summed E-state index contributed by atoms with van der Waals surface area (Å²) in [6.45, 7) is 1.68. The number of carbonyl (C=O) groups excluding carboxylic acids is 2. The molecule has 9 heteroatoms. The lowest BCUT2D eigenvalue weighted by Gasteiger charge is -2.13. The summed E-state index contributed by atoms with van der Waals surface area (Å²) < 4.78 is 7.83. The van der Waals surface area contributed by atoms with Gasteiger partial charge in [-0.15, -0.1) is 10.2 Å². The van der Waals surface area contributed by atoms with E-state index < -0.39 is 17.4 Å². The van der Waals surface area contributed by atoms with Crippen LogP contribution in [0.15, 0.2) is 53.3 Å². The number of aryl methyl sites for hydroxylation is 1. The topological polar surface area (TPSA) is 108 Å². The quantitative estimate of drug-likeness (QED) is 0.509. The lowest BCUT2D eigenvalue weighted by Crippen LogP contribution is -2.30. The summed E-state index contributed by atoms with van der Waals surface area (Å²) in [6, 6.07) is 13.8. The SMILES string of the molecule is CCc1nnc2c(=O)n(CC(=O)Nc3ccccc3C(=O)OC)c3ccccc3n12. The number of benzene rings is 2. The van der Waals surface area contributed by atoms with Gasteiger partial charge in [0.15, 0.2) is 0 Å². The average Bonchev–Trinajstić information content (AvgIpc) is 3.21. The van der Waals surface area contributed by atoms with Gasteiger partial charge in [0.25, 0.3) is 5.56 Å². The van der Waals surface area contributed by atoms with Crippen LogP contribution >= 0.6 is 0 Å². The fourth-order valence-electron chi connectivity index (χ4n) is 3.42. The number of hydrogen-bond donors (Lipinski definition) is 1. The second-order valence-electron chi connectivity index (χ2n) is 6.59. The monoisotopic (exact) mass is 405 g/mol. The summed E-state index contributed by atoms with van der Waals surface area (Å²) in [7, 11) is 1.27. The van der Waals surface area contributed by atoms with Crippen molar-refractivity contribution in [2.45, 2.75) is 19.9 Å². The summed E-state index contributed by atoms with van der Waals surface area (Å²) in [5.74, 6) is -0.356. The number of aromatic nitrogens is 4. The number of methoxy groups -OCH3 is 1. The number of para-hydroxylation sites is 3. The van der Waals surface area contributed by atoms with Crippen LogP contribution in [0.2, 0.25) is 0 Å². The fourth-order valence-corrected chi connectivity index (χ4v) is 3.42. The van der Waals surface area contributed by atoms with Gasteiger partial charge >= 0.3 is 5.97 Å². The van der Waals surface area contributed by atoms with E-state index in [9.17, 15) is 14.4 Å². The third-order valence-electron chi connectivity index (χ3n) is 4.80. The third-order valence-corrected chi connectivity index (χ3v) is 4.80. The van der Waals surface area contributed by atoms with Crippen molar-refractivity contribution < 1.29 is 14.3 Å². The molecule has 2 heterocycles. The van der Waals surface area contributed by atoms with Crippen LogP contribution < -0.4 is 10.9 Å². The molecular formula is C21H19N5O4. The van der Waals surface area contributed by atoms with Gasteiger partial charge in [-0.2, -0.15) is 0 Å². The molecule has 0 bridgehead atoms. The molecule has 0 radical (unpaired) electrons. The molecule has 0 atom stereocenters. The summed E-state index contributed by atoms with van der Waals surface area (Å²) >= 11 is 0.